The Morgan fingerprint density at radius 1 is 0.920 bits per heavy atom. The number of anilines is 1. The van der Waals surface area contributed by atoms with E-state index in [1.165, 1.54) is 13.0 Å². The first kappa shape index (κ1) is 16.0. The Labute approximate surface area is 148 Å². The molecule has 4 rings (SSSR count). The lowest BCUT2D eigenvalue weighted by Crippen LogP contribution is -2.46. The fraction of sp³-hybridized carbons (Fsp3) is 0.350. The van der Waals surface area contributed by atoms with Gasteiger partial charge in [0.25, 0.3) is 0 Å². The highest BCUT2D eigenvalue weighted by Crippen LogP contribution is 2.28. The van der Waals surface area contributed by atoms with Gasteiger partial charge in [0.05, 0.1) is 5.52 Å². The normalized spacial score (nSPS) is 15.6. The lowest BCUT2D eigenvalue weighted by molar-refractivity contribution is 0.258. The van der Waals surface area contributed by atoms with Crippen LogP contribution >= 0.6 is 0 Å². The molecule has 1 aliphatic heterocycles. The first-order valence-corrected chi connectivity index (χ1v) is 8.99. The molecule has 0 saturated carbocycles. The minimum atomic E-state index is 0.770. The monoisotopic (exact) mass is 333 g/mol. The van der Waals surface area contributed by atoms with Crippen LogP contribution in [0.3, 0.4) is 0 Å². The SMILES string of the molecule is CCCN1CCN(c2nc(-c3ccncc3)nc3ccccc23)CC1. The molecule has 3 aromatic rings. The van der Waals surface area contributed by atoms with Crippen molar-refractivity contribution >= 4 is 16.7 Å². The first-order valence-electron chi connectivity index (χ1n) is 8.99. The number of nitrogens with zero attached hydrogens (tertiary/aromatic N) is 5. The number of hydrogen-bond donors (Lipinski definition) is 0. The maximum Gasteiger partial charge on any atom is 0.162 e. The minimum absolute atomic E-state index is 0.770. The second kappa shape index (κ2) is 7.15. The highest BCUT2D eigenvalue weighted by Gasteiger charge is 2.20. The van der Waals surface area contributed by atoms with Crippen molar-refractivity contribution in [3.8, 4) is 11.4 Å². The molecule has 2 aromatic heterocycles. The summed E-state index contributed by atoms with van der Waals surface area (Å²) in [5.74, 6) is 1.82. The third-order valence-electron chi connectivity index (χ3n) is 4.73. The number of pyridine rings is 1. The van der Waals surface area contributed by atoms with Crippen molar-refractivity contribution in [2.75, 3.05) is 37.6 Å². The Kier molecular flexibility index (Phi) is 4.57. The summed E-state index contributed by atoms with van der Waals surface area (Å²) >= 11 is 0. The molecule has 128 valence electrons. The van der Waals surface area contributed by atoms with E-state index in [1.807, 2.05) is 18.2 Å². The lowest BCUT2D eigenvalue weighted by Gasteiger charge is -2.35. The number of aromatic nitrogens is 3. The minimum Gasteiger partial charge on any atom is -0.353 e. The first-order chi connectivity index (χ1) is 12.3. The van der Waals surface area contributed by atoms with Gasteiger partial charge in [-0.2, -0.15) is 0 Å². The standard InChI is InChI=1S/C20H23N5/c1-2-11-24-12-14-25(15-13-24)20-17-5-3-4-6-18(17)22-19(23-20)16-7-9-21-10-8-16/h3-10H,2,11-15H2,1H3. The number of piperazine rings is 1. The number of para-hydroxylation sites is 1. The molecule has 0 unspecified atom stereocenters. The van der Waals surface area contributed by atoms with E-state index in [4.69, 9.17) is 9.97 Å². The number of hydrogen-bond acceptors (Lipinski definition) is 5. The van der Waals surface area contributed by atoms with Crippen LogP contribution in [0.15, 0.2) is 48.8 Å². The number of rotatable bonds is 4. The summed E-state index contributed by atoms with van der Waals surface area (Å²) in [4.78, 5) is 18.7. The van der Waals surface area contributed by atoms with Gasteiger partial charge in [-0.25, -0.2) is 9.97 Å². The Bertz CT molecular complexity index is 841. The van der Waals surface area contributed by atoms with Crippen molar-refractivity contribution in [3.05, 3.63) is 48.8 Å². The van der Waals surface area contributed by atoms with Crippen molar-refractivity contribution in [1.29, 1.82) is 0 Å². The van der Waals surface area contributed by atoms with Crippen LogP contribution in [0, 0.1) is 0 Å². The fourth-order valence-electron chi connectivity index (χ4n) is 3.43. The third-order valence-corrected chi connectivity index (χ3v) is 4.73. The zero-order chi connectivity index (χ0) is 17.1. The van der Waals surface area contributed by atoms with E-state index in [9.17, 15) is 0 Å². The van der Waals surface area contributed by atoms with E-state index in [1.54, 1.807) is 12.4 Å². The van der Waals surface area contributed by atoms with Gasteiger partial charge in [-0.15, -0.1) is 0 Å². The van der Waals surface area contributed by atoms with Crippen molar-refractivity contribution in [1.82, 2.24) is 19.9 Å². The molecule has 5 heteroatoms. The summed E-state index contributed by atoms with van der Waals surface area (Å²) in [5, 5.41) is 1.13. The molecule has 0 atom stereocenters. The summed E-state index contributed by atoms with van der Waals surface area (Å²) in [6.07, 6.45) is 4.79. The summed E-state index contributed by atoms with van der Waals surface area (Å²) < 4.78 is 0. The number of benzene rings is 1. The van der Waals surface area contributed by atoms with Gasteiger partial charge in [0.2, 0.25) is 0 Å². The van der Waals surface area contributed by atoms with Gasteiger partial charge in [0.15, 0.2) is 5.82 Å². The lowest BCUT2D eigenvalue weighted by atomic mass is 10.2. The van der Waals surface area contributed by atoms with E-state index in [-0.39, 0.29) is 0 Å². The highest BCUT2D eigenvalue weighted by atomic mass is 15.3. The van der Waals surface area contributed by atoms with Crippen molar-refractivity contribution in [2.24, 2.45) is 0 Å². The molecule has 25 heavy (non-hydrogen) atoms. The molecule has 0 radical (unpaired) electrons. The smallest absolute Gasteiger partial charge is 0.162 e. The molecule has 0 aliphatic carbocycles. The molecule has 0 amide bonds. The second-order valence-electron chi connectivity index (χ2n) is 6.45. The van der Waals surface area contributed by atoms with Crippen molar-refractivity contribution < 1.29 is 0 Å². The topological polar surface area (TPSA) is 45.2 Å². The molecule has 1 aliphatic rings. The van der Waals surface area contributed by atoms with Crippen molar-refractivity contribution in [3.63, 3.8) is 0 Å². The molecule has 1 fully saturated rings. The summed E-state index contributed by atoms with van der Waals surface area (Å²) in [7, 11) is 0. The predicted octanol–water partition coefficient (Wildman–Crippen LogP) is 3.22. The van der Waals surface area contributed by atoms with E-state index in [2.05, 4.69) is 39.9 Å². The molecule has 0 spiro atoms. The van der Waals surface area contributed by atoms with Gasteiger partial charge in [-0.05, 0) is 37.2 Å². The molecule has 1 aromatic carbocycles. The Morgan fingerprint density at radius 2 is 1.68 bits per heavy atom. The largest absolute Gasteiger partial charge is 0.353 e. The predicted molar refractivity (Wildman–Crippen MR) is 102 cm³/mol. The van der Waals surface area contributed by atoms with Crippen LogP contribution < -0.4 is 4.90 Å². The quantitative estimate of drug-likeness (QED) is 0.733. The van der Waals surface area contributed by atoms with Crippen LogP contribution in [0.1, 0.15) is 13.3 Å². The molecule has 5 nitrogen and oxygen atoms in total. The second-order valence-corrected chi connectivity index (χ2v) is 6.45. The average molecular weight is 333 g/mol. The molecule has 3 heterocycles. The van der Waals surface area contributed by atoms with Crippen LogP contribution in [0.2, 0.25) is 0 Å². The zero-order valence-corrected chi connectivity index (χ0v) is 14.6. The highest BCUT2D eigenvalue weighted by molar-refractivity contribution is 5.91. The number of fused-ring (bicyclic) bond motifs is 1. The Morgan fingerprint density at radius 3 is 2.44 bits per heavy atom. The van der Waals surface area contributed by atoms with Gasteiger partial charge in [0.1, 0.15) is 5.82 Å². The van der Waals surface area contributed by atoms with Crippen LogP contribution in [0.4, 0.5) is 5.82 Å². The molecular formula is C20H23N5. The zero-order valence-electron chi connectivity index (χ0n) is 14.6. The van der Waals surface area contributed by atoms with E-state index in [0.717, 1.165) is 54.3 Å². The van der Waals surface area contributed by atoms with Crippen molar-refractivity contribution in [2.45, 2.75) is 13.3 Å². The Balaban J connectivity index is 1.72. The van der Waals surface area contributed by atoms with Gasteiger partial charge in [-0.1, -0.05) is 19.1 Å². The maximum absolute atomic E-state index is 4.93. The van der Waals surface area contributed by atoms with Crippen LogP contribution in [-0.2, 0) is 0 Å². The van der Waals surface area contributed by atoms with Crippen LogP contribution in [0.25, 0.3) is 22.3 Å². The summed E-state index contributed by atoms with van der Waals surface area (Å²) in [6.45, 7) is 7.63. The molecule has 0 bridgehead atoms. The van der Waals surface area contributed by atoms with Gasteiger partial charge in [0, 0.05) is 49.5 Å². The molecule has 1 saturated heterocycles. The fourth-order valence-corrected chi connectivity index (χ4v) is 3.43. The molecule has 0 N–H and O–H groups in total. The van der Waals surface area contributed by atoms with Gasteiger partial charge < -0.3 is 4.90 Å². The van der Waals surface area contributed by atoms with Crippen LogP contribution in [0.5, 0.6) is 0 Å². The van der Waals surface area contributed by atoms with Gasteiger partial charge >= 0.3 is 0 Å². The van der Waals surface area contributed by atoms with E-state index >= 15 is 0 Å². The molecular weight excluding hydrogens is 310 g/mol. The maximum atomic E-state index is 4.93. The van der Waals surface area contributed by atoms with Gasteiger partial charge in [-0.3, -0.25) is 9.88 Å². The third kappa shape index (κ3) is 3.33. The van der Waals surface area contributed by atoms with E-state index in [0.29, 0.717) is 0 Å². The Hall–Kier alpha value is -2.53. The summed E-state index contributed by atoms with van der Waals surface area (Å²) in [6, 6.07) is 12.2. The van der Waals surface area contributed by atoms with Crippen LogP contribution in [-0.4, -0.2) is 52.6 Å². The van der Waals surface area contributed by atoms with E-state index < -0.39 is 0 Å². The average Bonchev–Trinajstić information content (AvgIpc) is 2.69. The summed E-state index contributed by atoms with van der Waals surface area (Å²) in [5.41, 5.74) is 2.00.